The molecule has 0 amide bonds. The minimum atomic E-state index is 0.145. The highest BCUT2D eigenvalue weighted by Gasteiger charge is 2.34. The van der Waals surface area contributed by atoms with E-state index >= 15 is 0 Å². The van der Waals surface area contributed by atoms with E-state index in [1.54, 1.807) is 0 Å². The quantitative estimate of drug-likeness (QED) is 0.744. The average Bonchev–Trinajstić information content (AvgIpc) is 2.15. The van der Waals surface area contributed by atoms with Gasteiger partial charge in [0, 0.05) is 25.2 Å². The Morgan fingerprint density at radius 2 is 1.86 bits per heavy atom. The number of hydrogen-bond acceptors (Lipinski definition) is 3. The molecule has 1 fully saturated rings. The smallest absolute Gasteiger partial charge is 0.0678 e. The van der Waals surface area contributed by atoms with Crippen molar-refractivity contribution < 1.29 is 4.74 Å². The third-order valence-corrected chi connectivity index (χ3v) is 3.38. The third-order valence-electron chi connectivity index (χ3n) is 3.38. The fraction of sp³-hybridized carbons (Fsp3) is 1.00. The van der Waals surface area contributed by atoms with Gasteiger partial charge in [-0.05, 0) is 27.2 Å². The van der Waals surface area contributed by atoms with Crippen molar-refractivity contribution in [1.29, 1.82) is 0 Å². The topological polar surface area (TPSA) is 38.5 Å². The Labute approximate surface area is 87.6 Å². The van der Waals surface area contributed by atoms with Crippen LogP contribution in [-0.2, 0) is 4.74 Å². The van der Waals surface area contributed by atoms with Crippen molar-refractivity contribution in [2.24, 2.45) is 5.73 Å². The maximum Gasteiger partial charge on any atom is 0.0678 e. The van der Waals surface area contributed by atoms with Crippen LogP contribution in [0.4, 0.5) is 0 Å². The first-order chi connectivity index (χ1) is 6.51. The zero-order valence-corrected chi connectivity index (χ0v) is 9.92. The highest BCUT2D eigenvalue weighted by Crippen LogP contribution is 2.23. The molecule has 3 nitrogen and oxygen atoms in total. The number of ether oxygens (including phenoxy) is 1. The molecule has 3 atom stereocenters. The van der Waals surface area contributed by atoms with Crippen LogP contribution in [0.2, 0.25) is 0 Å². The fourth-order valence-corrected chi connectivity index (χ4v) is 2.12. The van der Waals surface area contributed by atoms with Gasteiger partial charge in [-0.2, -0.15) is 0 Å². The summed E-state index contributed by atoms with van der Waals surface area (Å²) in [7, 11) is 0. The molecule has 0 aromatic carbocycles. The van der Waals surface area contributed by atoms with Crippen LogP contribution in [0.5, 0.6) is 0 Å². The van der Waals surface area contributed by atoms with E-state index in [9.17, 15) is 0 Å². The van der Waals surface area contributed by atoms with Crippen LogP contribution in [0.15, 0.2) is 0 Å². The minimum Gasteiger partial charge on any atom is -0.373 e. The first-order valence-corrected chi connectivity index (χ1v) is 5.62. The second-order valence-corrected chi connectivity index (χ2v) is 4.72. The lowest BCUT2D eigenvalue weighted by atomic mass is 9.95. The summed E-state index contributed by atoms with van der Waals surface area (Å²) < 4.78 is 5.72. The molecule has 1 heterocycles. The molecule has 0 bridgehead atoms. The highest BCUT2D eigenvalue weighted by atomic mass is 16.5. The molecule has 2 N–H and O–H groups in total. The lowest BCUT2D eigenvalue weighted by molar-refractivity contribution is -0.0979. The van der Waals surface area contributed by atoms with Crippen molar-refractivity contribution in [2.75, 3.05) is 19.6 Å². The number of hydrogen-bond donors (Lipinski definition) is 1. The zero-order chi connectivity index (χ0) is 10.8. The minimum absolute atomic E-state index is 0.145. The summed E-state index contributed by atoms with van der Waals surface area (Å²) in [5, 5.41) is 0. The molecule has 0 aliphatic carbocycles. The Morgan fingerprint density at radius 3 is 2.21 bits per heavy atom. The van der Waals surface area contributed by atoms with E-state index in [0.29, 0.717) is 12.2 Å². The normalized spacial score (nSPS) is 34.1. The fourth-order valence-electron chi connectivity index (χ4n) is 2.12. The molecule has 1 aliphatic heterocycles. The lowest BCUT2D eigenvalue weighted by Gasteiger charge is -2.46. The van der Waals surface area contributed by atoms with Gasteiger partial charge in [0.2, 0.25) is 0 Å². The molecule has 0 aromatic rings. The van der Waals surface area contributed by atoms with Crippen LogP contribution in [-0.4, -0.2) is 42.3 Å². The first-order valence-electron chi connectivity index (χ1n) is 5.62. The number of nitrogens with zero attached hydrogens (tertiary/aromatic N) is 1. The van der Waals surface area contributed by atoms with Crippen LogP contribution < -0.4 is 5.73 Å². The summed E-state index contributed by atoms with van der Waals surface area (Å²) in [6.45, 7) is 11.5. The van der Waals surface area contributed by atoms with Gasteiger partial charge in [-0.25, -0.2) is 0 Å². The molecular formula is C11H24N2O. The zero-order valence-electron chi connectivity index (χ0n) is 9.92. The van der Waals surface area contributed by atoms with E-state index in [-0.39, 0.29) is 5.54 Å². The third kappa shape index (κ3) is 2.47. The standard InChI is InChI=1S/C11H24N2O/c1-5-11(4,8-12)13-6-9(2)14-10(3)7-13/h9-10H,5-8,12H2,1-4H3. The van der Waals surface area contributed by atoms with Crippen LogP contribution in [0, 0.1) is 0 Å². The summed E-state index contributed by atoms with van der Waals surface area (Å²) >= 11 is 0. The Morgan fingerprint density at radius 1 is 1.36 bits per heavy atom. The van der Waals surface area contributed by atoms with Crippen molar-refractivity contribution >= 4 is 0 Å². The maximum absolute atomic E-state index is 5.86. The number of rotatable bonds is 3. The predicted molar refractivity (Wildman–Crippen MR) is 59.3 cm³/mol. The molecule has 0 spiro atoms. The van der Waals surface area contributed by atoms with E-state index in [1.807, 2.05) is 0 Å². The van der Waals surface area contributed by atoms with Gasteiger partial charge in [0.25, 0.3) is 0 Å². The summed E-state index contributed by atoms with van der Waals surface area (Å²) in [6, 6.07) is 0. The molecule has 0 saturated carbocycles. The molecule has 1 aliphatic rings. The Bertz CT molecular complexity index is 170. The van der Waals surface area contributed by atoms with E-state index in [0.717, 1.165) is 26.1 Å². The Kier molecular flexibility index (Phi) is 3.93. The van der Waals surface area contributed by atoms with E-state index < -0.39 is 0 Å². The molecule has 0 radical (unpaired) electrons. The SMILES string of the molecule is CCC(C)(CN)N1CC(C)OC(C)C1. The van der Waals surface area contributed by atoms with Gasteiger partial charge in [-0.15, -0.1) is 0 Å². The molecule has 1 rings (SSSR count). The summed E-state index contributed by atoms with van der Waals surface area (Å²) in [6.07, 6.45) is 1.76. The first kappa shape index (κ1) is 12.0. The summed E-state index contributed by atoms with van der Waals surface area (Å²) in [4.78, 5) is 2.48. The molecule has 1 saturated heterocycles. The monoisotopic (exact) mass is 200 g/mol. The van der Waals surface area contributed by atoms with E-state index in [2.05, 4.69) is 32.6 Å². The molecule has 3 heteroatoms. The van der Waals surface area contributed by atoms with Crippen LogP contribution in [0.25, 0.3) is 0 Å². The van der Waals surface area contributed by atoms with Gasteiger partial charge in [-0.1, -0.05) is 6.92 Å². The predicted octanol–water partition coefficient (Wildman–Crippen LogP) is 1.22. The van der Waals surface area contributed by atoms with Crippen molar-refractivity contribution in [3.05, 3.63) is 0 Å². The van der Waals surface area contributed by atoms with Crippen molar-refractivity contribution in [2.45, 2.75) is 51.9 Å². The lowest BCUT2D eigenvalue weighted by Crippen LogP contribution is -2.58. The maximum atomic E-state index is 5.86. The van der Waals surface area contributed by atoms with Crippen molar-refractivity contribution in [3.8, 4) is 0 Å². The molecular weight excluding hydrogens is 176 g/mol. The summed E-state index contributed by atoms with van der Waals surface area (Å²) in [5.74, 6) is 0. The van der Waals surface area contributed by atoms with Gasteiger partial charge in [0.1, 0.15) is 0 Å². The van der Waals surface area contributed by atoms with Gasteiger partial charge in [0.05, 0.1) is 12.2 Å². The number of nitrogens with two attached hydrogens (primary N) is 1. The van der Waals surface area contributed by atoms with E-state index in [4.69, 9.17) is 10.5 Å². The highest BCUT2D eigenvalue weighted by molar-refractivity contribution is 4.90. The largest absolute Gasteiger partial charge is 0.373 e. The van der Waals surface area contributed by atoms with Gasteiger partial charge >= 0.3 is 0 Å². The molecule has 3 unspecified atom stereocenters. The molecule has 84 valence electrons. The van der Waals surface area contributed by atoms with Gasteiger partial charge < -0.3 is 10.5 Å². The van der Waals surface area contributed by atoms with Crippen molar-refractivity contribution in [1.82, 2.24) is 4.90 Å². The van der Waals surface area contributed by atoms with Gasteiger partial charge in [-0.3, -0.25) is 4.90 Å². The second-order valence-electron chi connectivity index (χ2n) is 4.72. The Balaban J connectivity index is 2.66. The van der Waals surface area contributed by atoms with Crippen molar-refractivity contribution in [3.63, 3.8) is 0 Å². The molecule has 14 heavy (non-hydrogen) atoms. The number of morpholine rings is 1. The van der Waals surface area contributed by atoms with Crippen LogP contribution in [0.3, 0.4) is 0 Å². The molecule has 0 aromatic heterocycles. The van der Waals surface area contributed by atoms with E-state index in [1.165, 1.54) is 0 Å². The van der Waals surface area contributed by atoms with Crippen LogP contribution in [0.1, 0.15) is 34.1 Å². The average molecular weight is 200 g/mol. The van der Waals surface area contributed by atoms with Gasteiger partial charge in [0.15, 0.2) is 0 Å². The second kappa shape index (κ2) is 4.60. The van der Waals surface area contributed by atoms with Crippen LogP contribution >= 0.6 is 0 Å². The Hall–Kier alpha value is -0.120. The summed E-state index contributed by atoms with van der Waals surface area (Å²) in [5.41, 5.74) is 6.00.